The van der Waals surface area contributed by atoms with Crippen molar-refractivity contribution in [1.29, 1.82) is 0 Å². The van der Waals surface area contributed by atoms with Crippen molar-refractivity contribution in [1.82, 2.24) is 5.32 Å². The molecule has 108 valence electrons. The van der Waals surface area contributed by atoms with Gasteiger partial charge in [-0.1, -0.05) is 23.2 Å². The number of carbonyl (C=O) groups is 2. The van der Waals surface area contributed by atoms with Gasteiger partial charge < -0.3 is 15.5 Å². The van der Waals surface area contributed by atoms with Crippen LogP contribution in [0.2, 0.25) is 10.0 Å². The van der Waals surface area contributed by atoms with Crippen LogP contribution in [0.4, 0.5) is 0 Å². The number of hydrogen-bond donors (Lipinski definition) is 3. The molecule has 0 aliphatic carbocycles. The third-order valence-electron chi connectivity index (χ3n) is 2.42. The van der Waals surface area contributed by atoms with Crippen LogP contribution >= 0.6 is 23.2 Å². The second kappa shape index (κ2) is 7.28. The van der Waals surface area contributed by atoms with Crippen molar-refractivity contribution < 1.29 is 19.8 Å². The van der Waals surface area contributed by atoms with Gasteiger partial charge in [-0.25, -0.2) is 4.79 Å². The van der Waals surface area contributed by atoms with E-state index < -0.39 is 24.0 Å². The van der Waals surface area contributed by atoms with Gasteiger partial charge in [0.2, 0.25) is 5.91 Å². The minimum absolute atomic E-state index is 0.406. The van der Waals surface area contributed by atoms with Crippen molar-refractivity contribution in [3.8, 4) is 0 Å². The molecule has 2 atom stereocenters. The Morgan fingerprint density at radius 2 is 2.00 bits per heavy atom. The molecule has 0 bridgehead atoms. The standard InChI is InChI=1S/C13H13Cl2NO4/c1-7(17)12(13(19)20)16-11(18)5-2-8-6-9(14)3-4-10(8)15/h2-7,12,17H,1H3,(H,16,18)(H,19,20)/b5-2+/t7-,12+/m1/s1. The van der Waals surface area contributed by atoms with Crippen molar-refractivity contribution in [2.45, 2.75) is 19.1 Å². The normalized spacial score (nSPS) is 14.0. The van der Waals surface area contributed by atoms with Crippen LogP contribution in [0.15, 0.2) is 24.3 Å². The van der Waals surface area contributed by atoms with Gasteiger partial charge >= 0.3 is 5.97 Å². The number of carbonyl (C=O) groups excluding carboxylic acids is 1. The fourth-order valence-electron chi connectivity index (χ4n) is 1.40. The largest absolute Gasteiger partial charge is 0.480 e. The van der Waals surface area contributed by atoms with E-state index in [-0.39, 0.29) is 0 Å². The summed E-state index contributed by atoms with van der Waals surface area (Å²) in [5, 5.41) is 21.1. The molecule has 0 spiro atoms. The molecule has 1 aromatic carbocycles. The molecule has 0 saturated carbocycles. The summed E-state index contributed by atoms with van der Waals surface area (Å²) in [6, 6.07) is 3.38. The summed E-state index contributed by atoms with van der Waals surface area (Å²) in [5.41, 5.74) is 0.526. The predicted octanol–water partition coefficient (Wildman–Crippen LogP) is 1.96. The molecule has 1 rings (SSSR count). The minimum atomic E-state index is -1.37. The Labute approximate surface area is 125 Å². The second-order valence-corrected chi connectivity index (χ2v) is 4.91. The van der Waals surface area contributed by atoms with Gasteiger partial charge in [-0.15, -0.1) is 0 Å². The monoisotopic (exact) mass is 317 g/mol. The van der Waals surface area contributed by atoms with Crippen LogP contribution in [0.25, 0.3) is 6.08 Å². The molecule has 5 nitrogen and oxygen atoms in total. The van der Waals surface area contributed by atoms with E-state index in [2.05, 4.69) is 5.32 Å². The first-order valence-electron chi connectivity index (χ1n) is 5.65. The zero-order valence-electron chi connectivity index (χ0n) is 10.5. The highest BCUT2D eigenvalue weighted by Crippen LogP contribution is 2.21. The fourth-order valence-corrected chi connectivity index (χ4v) is 1.76. The number of aliphatic hydroxyl groups excluding tert-OH is 1. The van der Waals surface area contributed by atoms with Gasteiger partial charge in [-0.05, 0) is 36.8 Å². The average molecular weight is 318 g/mol. The van der Waals surface area contributed by atoms with E-state index in [1.54, 1.807) is 18.2 Å². The van der Waals surface area contributed by atoms with Crippen molar-refractivity contribution in [3.05, 3.63) is 39.9 Å². The van der Waals surface area contributed by atoms with Gasteiger partial charge in [-0.3, -0.25) is 4.79 Å². The number of aliphatic carboxylic acids is 1. The van der Waals surface area contributed by atoms with Gasteiger partial charge in [-0.2, -0.15) is 0 Å². The highest BCUT2D eigenvalue weighted by molar-refractivity contribution is 6.34. The summed E-state index contributed by atoms with van der Waals surface area (Å²) < 4.78 is 0. The molecular formula is C13H13Cl2NO4. The third-order valence-corrected chi connectivity index (χ3v) is 3.00. The lowest BCUT2D eigenvalue weighted by molar-refractivity contribution is -0.144. The fraction of sp³-hybridized carbons (Fsp3) is 0.231. The topological polar surface area (TPSA) is 86.6 Å². The maximum atomic E-state index is 11.6. The molecular weight excluding hydrogens is 305 g/mol. The highest BCUT2D eigenvalue weighted by Gasteiger charge is 2.23. The Morgan fingerprint density at radius 1 is 1.35 bits per heavy atom. The Balaban J connectivity index is 2.77. The molecule has 0 aliphatic rings. The van der Waals surface area contributed by atoms with E-state index in [4.69, 9.17) is 28.3 Å². The van der Waals surface area contributed by atoms with E-state index in [0.717, 1.165) is 6.08 Å². The molecule has 0 unspecified atom stereocenters. The van der Waals surface area contributed by atoms with E-state index in [0.29, 0.717) is 15.6 Å². The summed E-state index contributed by atoms with van der Waals surface area (Å²) in [6.45, 7) is 1.27. The van der Waals surface area contributed by atoms with E-state index in [1.807, 2.05) is 0 Å². The summed E-state index contributed by atoms with van der Waals surface area (Å²) in [5.74, 6) is -1.98. The summed E-state index contributed by atoms with van der Waals surface area (Å²) in [4.78, 5) is 22.4. The minimum Gasteiger partial charge on any atom is -0.480 e. The third kappa shape index (κ3) is 4.85. The lowest BCUT2D eigenvalue weighted by atomic mass is 10.1. The zero-order chi connectivity index (χ0) is 15.3. The lowest BCUT2D eigenvalue weighted by Crippen LogP contribution is -2.47. The van der Waals surface area contributed by atoms with E-state index >= 15 is 0 Å². The van der Waals surface area contributed by atoms with E-state index in [1.165, 1.54) is 13.0 Å². The lowest BCUT2D eigenvalue weighted by Gasteiger charge is -2.15. The molecule has 0 heterocycles. The van der Waals surface area contributed by atoms with Crippen LogP contribution in [0.3, 0.4) is 0 Å². The Hall–Kier alpha value is -1.56. The first-order chi connectivity index (χ1) is 9.31. The summed E-state index contributed by atoms with van der Waals surface area (Å²) >= 11 is 11.7. The average Bonchev–Trinajstić information content (AvgIpc) is 2.36. The SMILES string of the molecule is C[C@@H](O)[C@H](NC(=O)/C=C/c1cc(Cl)ccc1Cl)C(=O)O. The molecule has 20 heavy (non-hydrogen) atoms. The smallest absolute Gasteiger partial charge is 0.328 e. The highest BCUT2D eigenvalue weighted by atomic mass is 35.5. The molecule has 3 N–H and O–H groups in total. The molecule has 0 fully saturated rings. The van der Waals surface area contributed by atoms with Gasteiger partial charge in [0.25, 0.3) is 0 Å². The zero-order valence-corrected chi connectivity index (χ0v) is 12.0. The van der Waals surface area contributed by atoms with Gasteiger partial charge in [0.15, 0.2) is 6.04 Å². The maximum absolute atomic E-state index is 11.6. The van der Waals surface area contributed by atoms with Crippen molar-refractivity contribution in [3.63, 3.8) is 0 Å². The number of carboxylic acid groups (broad SMARTS) is 1. The Kier molecular flexibility index (Phi) is 6.01. The van der Waals surface area contributed by atoms with E-state index in [9.17, 15) is 14.7 Å². The van der Waals surface area contributed by atoms with Crippen LogP contribution in [0.1, 0.15) is 12.5 Å². The van der Waals surface area contributed by atoms with Crippen LogP contribution in [-0.2, 0) is 9.59 Å². The molecule has 7 heteroatoms. The molecule has 0 radical (unpaired) electrons. The number of rotatable bonds is 5. The van der Waals surface area contributed by atoms with Crippen LogP contribution in [0, 0.1) is 0 Å². The second-order valence-electron chi connectivity index (χ2n) is 4.06. The molecule has 1 amide bonds. The molecule has 0 aromatic heterocycles. The molecule has 0 saturated heterocycles. The van der Waals surface area contributed by atoms with Gasteiger partial charge in [0.1, 0.15) is 0 Å². The van der Waals surface area contributed by atoms with Crippen LogP contribution in [-0.4, -0.2) is 34.2 Å². The molecule has 0 aliphatic heterocycles. The van der Waals surface area contributed by atoms with Gasteiger partial charge in [0, 0.05) is 16.1 Å². The summed E-state index contributed by atoms with van der Waals surface area (Å²) in [7, 11) is 0. The molecule has 1 aromatic rings. The number of hydrogen-bond acceptors (Lipinski definition) is 3. The number of halogens is 2. The number of aliphatic hydroxyl groups is 1. The quantitative estimate of drug-likeness (QED) is 0.724. The summed E-state index contributed by atoms with van der Waals surface area (Å²) in [6.07, 6.45) is 1.32. The first-order valence-corrected chi connectivity index (χ1v) is 6.41. The first kappa shape index (κ1) is 16.5. The predicted molar refractivity (Wildman–Crippen MR) is 76.7 cm³/mol. The van der Waals surface area contributed by atoms with Crippen molar-refractivity contribution >= 4 is 41.2 Å². The van der Waals surface area contributed by atoms with Crippen molar-refractivity contribution in [2.75, 3.05) is 0 Å². The number of carboxylic acids is 1. The number of amides is 1. The van der Waals surface area contributed by atoms with Crippen LogP contribution in [0.5, 0.6) is 0 Å². The van der Waals surface area contributed by atoms with Gasteiger partial charge in [0.05, 0.1) is 6.10 Å². The maximum Gasteiger partial charge on any atom is 0.328 e. The van der Waals surface area contributed by atoms with Crippen LogP contribution < -0.4 is 5.32 Å². The van der Waals surface area contributed by atoms with Crippen molar-refractivity contribution in [2.24, 2.45) is 0 Å². The Bertz CT molecular complexity index is 543. The number of nitrogens with one attached hydrogen (secondary N) is 1. The number of benzene rings is 1. The Morgan fingerprint density at radius 3 is 2.55 bits per heavy atom.